The fourth-order valence-corrected chi connectivity index (χ4v) is 5.14. The molecule has 2 aromatic rings. The van der Waals surface area contributed by atoms with Gasteiger partial charge in [0.1, 0.15) is 5.75 Å². The summed E-state index contributed by atoms with van der Waals surface area (Å²) in [4.78, 5) is 12.5. The smallest absolute Gasteiger partial charge is 0.471 e. The van der Waals surface area contributed by atoms with Crippen LogP contribution in [0.4, 0.5) is 18.9 Å². The molecule has 184 valence electrons. The Morgan fingerprint density at radius 3 is 2.62 bits per heavy atom. The first-order valence-electron chi connectivity index (χ1n) is 11.7. The molecule has 1 amide bonds. The minimum Gasteiger partial charge on any atom is -0.491 e. The van der Waals surface area contributed by atoms with Gasteiger partial charge in [0.2, 0.25) is 0 Å². The average Bonchev–Trinajstić information content (AvgIpc) is 3.22. The average molecular weight is 477 g/mol. The third kappa shape index (κ3) is 4.93. The normalized spacial score (nSPS) is 25.0. The lowest BCUT2D eigenvalue weighted by molar-refractivity contribution is -0.170. The maximum atomic E-state index is 13.0. The number of ether oxygens (including phenoxy) is 2. The number of hydrogen-bond acceptors (Lipinski definition) is 4. The molecule has 3 atom stereocenters. The SMILES string of the molecule is CC(C)Oc1ccc(N(C)C(=O)C(F)(F)F)cc1C1COC2(CCCNC2c2ccccc2)C1. The highest BCUT2D eigenvalue weighted by atomic mass is 19.4. The number of benzene rings is 2. The van der Waals surface area contributed by atoms with E-state index in [2.05, 4.69) is 17.4 Å². The van der Waals surface area contributed by atoms with Crippen molar-refractivity contribution in [3.63, 3.8) is 0 Å². The number of carbonyl (C=O) groups is 1. The van der Waals surface area contributed by atoms with Gasteiger partial charge in [-0.1, -0.05) is 30.3 Å². The van der Waals surface area contributed by atoms with E-state index in [1.165, 1.54) is 6.07 Å². The van der Waals surface area contributed by atoms with Crippen molar-refractivity contribution in [2.24, 2.45) is 0 Å². The Morgan fingerprint density at radius 2 is 1.94 bits per heavy atom. The molecule has 5 nitrogen and oxygen atoms in total. The van der Waals surface area contributed by atoms with E-state index >= 15 is 0 Å². The van der Waals surface area contributed by atoms with E-state index < -0.39 is 17.7 Å². The zero-order valence-electron chi connectivity index (χ0n) is 19.7. The molecule has 0 aromatic heterocycles. The number of nitrogens with zero attached hydrogens (tertiary/aromatic N) is 1. The van der Waals surface area contributed by atoms with Crippen LogP contribution in [0.2, 0.25) is 0 Å². The molecule has 1 spiro atoms. The van der Waals surface area contributed by atoms with Crippen molar-refractivity contribution in [2.75, 3.05) is 25.1 Å². The number of hydrogen-bond donors (Lipinski definition) is 1. The zero-order valence-corrected chi connectivity index (χ0v) is 19.7. The van der Waals surface area contributed by atoms with Crippen molar-refractivity contribution in [2.45, 2.75) is 63.0 Å². The number of nitrogens with one attached hydrogen (secondary N) is 1. The van der Waals surface area contributed by atoms with Gasteiger partial charge in [0.25, 0.3) is 0 Å². The van der Waals surface area contributed by atoms with Crippen LogP contribution in [-0.4, -0.2) is 44.0 Å². The molecular formula is C26H31F3N2O3. The Morgan fingerprint density at radius 1 is 1.21 bits per heavy atom. The van der Waals surface area contributed by atoms with E-state index in [0.29, 0.717) is 23.7 Å². The molecule has 4 rings (SSSR count). The lowest BCUT2D eigenvalue weighted by Gasteiger charge is -2.41. The summed E-state index contributed by atoms with van der Waals surface area (Å²) in [6.45, 7) is 5.14. The van der Waals surface area contributed by atoms with Crippen molar-refractivity contribution in [1.29, 1.82) is 0 Å². The number of halogens is 3. The van der Waals surface area contributed by atoms with Crippen LogP contribution in [0.3, 0.4) is 0 Å². The minimum absolute atomic E-state index is 0.0274. The molecule has 0 aliphatic carbocycles. The molecule has 0 bridgehead atoms. The lowest BCUT2D eigenvalue weighted by atomic mass is 9.77. The number of piperidine rings is 1. The summed E-state index contributed by atoms with van der Waals surface area (Å²) < 4.78 is 51.6. The summed E-state index contributed by atoms with van der Waals surface area (Å²) in [7, 11) is 1.14. The summed E-state index contributed by atoms with van der Waals surface area (Å²) in [6, 6.07) is 15.0. The van der Waals surface area contributed by atoms with Crippen LogP contribution in [0, 0.1) is 0 Å². The molecule has 34 heavy (non-hydrogen) atoms. The topological polar surface area (TPSA) is 50.8 Å². The molecule has 3 unspecified atom stereocenters. The molecule has 2 aromatic carbocycles. The molecule has 2 aliphatic rings. The van der Waals surface area contributed by atoms with Crippen molar-refractivity contribution in [1.82, 2.24) is 5.32 Å². The van der Waals surface area contributed by atoms with Gasteiger partial charge in [0.15, 0.2) is 0 Å². The second-order valence-corrected chi connectivity index (χ2v) is 9.43. The summed E-state index contributed by atoms with van der Waals surface area (Å²) in [5.41, 5.74) is 1.69. The van der Waals surface area contributed by atoms with Crippen LogP contribution in [0.5, 0.6) is 5.75 Å². The monoisotopic (exact) mass is 476 g/mol. The van der Waals surface area contributed by atoms with Crippen molar-refractivity contribution < 1.29 is 27.4 Å². The fraction of sp³-hybridized carbons (Fsp3) is 0.500. The van der Waals surface area contributed by atoms with E-state index in [-0.39, 0.29) is 23.8 Å². The Hall–Kier alpha value is -2.58. The third-order valence-corrected chi connectivity index (χ3v) is 6.68. The van der Waals surface area contributed by atoms with E-state index in [1.54, 1.807) is 12.1 Å². The van der Waals surface area contributed by atoms with E-state index in [9.17, 15) is 18.0 Å². The van der Waals surface area contributed by atoms with Gasteiger partial charge >= 0.3 is 12.1 Å². The summed E-state index contributed by atoms with van der Waals surface area (Å²) in [5.74, 6) is -1.37. The predicted octanol–water partition coefficient (Wildman–Crippen LogP) is 5.37. The van der Waals surface area contributed by atoms with Crippen LogP contribution in [0.1, 0.15) is 56.2 Å². The number of anilines is 1. The highest BCUT2D eigenvalue weighted by molar-refractivity contribution is 5.97. The van der Waals surface area contributed by atoms with Crippen LogP contribution in [-0.2, 0) is 9.53 Å². The Bertz CT molecular complexity index is 1010. The molecule has 8 heteroatoms. The van der Waals surface area contributed by atoms with E-state index in [4.69, 9.17) is 9.47 Å². The standard InChI is InChI=1S/C26H31F3N2O3/c1-17(2)34-22-11-10-20(31(3)24(32)26(27,28)29)14-21(22)19-15-25(33-16-19)12-7-13-30-23(25)18-8-5-4-6-9-18/h4-6,8-11,14,17,19,23,30H,7,12-13,15-16H2,1-3H3. The van der Waals surface area contributed by atoms with Gasteiger partial charge in [-0.2, -0.15) is 13.2 Å². The predicted molar refractivity (Wildman–Crippen MR) is 124 cm³/mol. The van der Waals surface area contributed by atoms with Crippen molar-refractivity contribution >= 4 is 11.6 Å². The van der Waals surface area contributed by atoms with Gasteiger partial charge in [0, 0.05) is 24.2 Å². The number of carbonyl (C=O) groups excluding carboxylic acids is 1. The molecule has 2 aliphatic heterocycles. The molecular weight excluding hydrogens is 445 g/mol. The highest BCUT2D eigenvalue weighted by Crippen LogP contribution is 2.50. The highest BCUT2D eigenvalue weighted by Gasteiger charge is 2.49. The van der Waals surface area contributed by atoms with Crippen LogP contribution < -0.4 is 15.0 Å². The maximum Gasteiger partial charge on any atom is 0.471 e. The van der Waals surface area contributed by atoms with Gasteiger partial charge in [-0.15, -0.1) is 0 Å². The maximum absolute atomic E-state index is 13.0. The number of rotatable bonds is 5. The molecule has 2 fully saturated rings. The molecule has 2 heterocycles. The first-order chi connectivity index (χ1) is 16.1. The van der Waals surface area contributed by atoms with Gasteiger partial charge in [0.05, 0.1) is 24.4 Å². The van der Waals surface area contributed by atoms with E-state index in [0.717, 1.165) is 37.6 Å². The summed E-state index contributed by atoms with van der Waals surface area (Å²) in [6.07, 6.45) is -2.48. The Balaban J connectivity index is 1.67. The zero-order chi connectivity index (χ0) is 24.5. The Kier molecular flexibility index (Phi) is 6.92. The second kappa shape index (κ2) is 9.58. The van der Waals surface area contributed by atoms with Crippen LogP contribution in [0.25, 0.3) is 0 Å². The molecule has 2 saturated heterocycles. The van der Waals surface area contributed by atoms with Gasteiger partial charge in [-0.05, 0) is 63.4 Å². The fourth-order valence-electron chi connectivity index (χ4n) is 5.14. The van der Waals surface area contributed by atoms with Crippen LogP contribution >= 0.6 is 0 Å². The van der Waals surface area contributed by atoms with E-state index in [1.807, 2.05) is 32.0 Å². The first kappa shape index (κ1) is 24.5. The quantitative estimate of drug-likeness (QED) is 0.631. The van der Waals surface area contributed by atoms with Gasteiger partial charge in [-0.25, -0.2) is 0 Å². The van der Waals surface area contributed by atoms with Crippen molar-refractivity contribution in [3.8, 4) is 5.75 Å². The van der Waals surface area contributed by atoms with Gasteiger partial charge in [-0.3, -0.25) is 4.79 Å². The summed E-state index contributed by atoms with van der Waals surface area (Å²) >= 11 is 0. The number of alkyl halides is 3. The first-order valence-corrected chi connectivity index (χ1v) is 11.7. The summed E-state index contributed by atoms with van der Waals surface area (Å²) in [5, 5.41) is 3.61. The number of amides is 1. The third-order valence-electron chi connectivity index (χ3n) is 6.68. The molecule has 0 radical (unpaired) electrons. The molecule has 1 N–H and O–H groups in total. The molecule has 0 saturated carbocycles. The van der Waals surface area contributed by atoms with Crippen LogP contribution in [0.15, 0.2) is 48.5 Å². The van der Waals surface area contributed by atoms with Crippen molar-refractivity contribution in [3.05, 3.63) is 59.7 Å². The minimum atomic E-state index is -4.95. The van der Waals surface area contributed by atoms with Gasteiger partial charge < -0.3 is 19.7 Å². The second-order valence-electron chi connectivity index (χ2n) is 9.43. The largest absolute Gasteiger partial charge is 0.491 e. The lowest BCUT2D eigenvalue weighted by Crippen LogP contribution is -2.48. The Labute approximate surface area is 198 Å².